The molecule has 0 bridgehead atoms. The average Bonchev–Trinajstić information content (AvgIpc) is 3.09. The van der Waals surface area contributed by atoms with E-state index in [4.69, 9.17) is 9.15 Å². The maximum Gasteiger partial charge on any atom is 0.514 e. The van der Waals surface area contributed by atoms with Gasteiger partial charge in [-0.2, -0.15) is 5.46 Å². The fraction of sp³-hybridized carbons (Fsp3) is 0.0333. The number of hydrogen-bond donors (Lipinski definition) is 0. The minimum atomic E-state index is -6.00. The Kier molecular flexibility index (Phi) is 8.64. The summed E-state index contributed by atoms with van der Waals surface area (Å²) in [7, 11) is 0.765. The molecule has 1 aromatic heterocycles. The van der Waals surface area contributed by atoms with Crippen LogP contribution in [0.25, 0.3) is 11.3 Å². The Morgan fingerprint density at radius 2 is 0.750 bits per heavy atom. The van der Waals surface area contributed by atoms with Crippen molar-refractivity contribution in [3.63, 3.8) is 0 Å². The largest absolute Gasteiger partial charge is 0.514 e. The number of methoxy groups -OCH3 is 1. The van der Waals surface area contributed by atoms with Crippen molar-refractivity contribution in [3.8, 4) is 17.3 Å². The van der Waals surface area contributed by atoms with E-state index < -0.39 is 127 Å². The van der Waals surface area contributed by atoms with Crippen molar-refractivity contribution in [2.45, 2.75) is 0 Å². The van der Waals surface area contributed by atoms with Gasteiger partial charge in [-0.25, -0.2) is 65.9 Å². The lowest BCUT2D eigenvalue weighted by Gasteiger charge is -2.44. The molecule has 0 amide bonds. The van der Waals surface area contributed by atoms with Crippen LogP contribution in [0.15, 0.2) is 46.9 Å². The van der Waals surface area contributed by atoms with Crippen LogP contribution in [0.5, 0.6) is 5.95 Å². The van der Waals surface area contributed by atoms with E-state index in [-0.39, 0.29) is 11.6 Å². The summed E-state index contributed by atoms with van der Waals surface area (Å²) >= 11 is 0. The van der Waals surface area contributed by atoms with E-state index in [0.717, 1.165) is 7.11 Å². The van der Waals surface area contributed by atoms with Crippen molar-refractivity contribution in [2.75, 3.05) is 7.11 Å². The summed E-state index contributed by atoms with van der Waals surface area (Å²) in [6.07, 6.45) is -6.00. The van der Waals surface area contributed by atoms with E-state index in [0.29, 0.717) is 6.07 Å². The summed E-state index contributed by atoms with van der Waals surface area (Å²) in [6, 6.07) is 6.82. The zero-order chi connectivity index (χ0) is 35.6. The third-order valence-electron chi connectivity index (χ3n) is 7.58. The first-order valence-electron chi connectivity index (χ1n) is 12.8. The molecular formula is C30H10BF15O2. The van der Waals surface area contributed by atoms with Gasteiger partial charge in [0.15, 0.2) is 59.5 Å². The van der Waals surface area contributed by atoms with E-state index in [2.05, 4.69) is 0 Å². The van der Waals surface area contributed by atoms with E-state index in [1.54, 1.807) is 0 Å². The predicted molar refractivity (Wildman–Crippen MR) is 138 cm³/mol. The van der Waals surface area contributed by atoms with Crippen LogP contribution in [-0.2, 0) is 0 Å². The fourth-order valence-electron chi connectivity index (χ4n) is 5.53. The van der Waals surface area contributed by atoms with Gasteiger partial charge in [-0.15, -0.1) is 16.4 Å². The zero-order valence-electron chi connectivity index (χ0n) is 23.1. The van der Waals surface area contributed by atoms with E-state index in [9.17, 15) is 39.5 Å². The van der Waals surface area contributed by atoms with Gasteiger partial charge in [-0.3, -0.25) is 4.42 Å². The molecule has 48 heavy (non-hydrogen) atoms. The molecule has 4 aromatic carbocycles. The Balaban J connectivity index is 2.27. The van der Waals surface area contributed by atoms with Gasteiger partial charge in [-0.1, -0.05) is 18.2 Å². The molecule has 0 fully saturated rings. The average molecular weight is 698 g/mol. The van der Waals surface area contributed by atoms with Crippen LogP contribution < -0.4 is 26.6 Å². The minimum absolute atomic E-state index is 0.158. The highest BCUT2D eigenvalue weighted by molar-refractivity contribution is 7.20. The normalized spacial score (nSPS) is 11.8. The summed E-state index contributed by atoms with van der Waals surface area (Å²) in [5, 5.41) is 0. The molecule has 1 heterocycles. The van der Waals surface area contributed by atoms with Gasteiger partial charge >= 0.3 is 5.95 Å². The Bertz CT molecular complexity index is 1890. The van der Waals surface area contributed by atoms with Gasteiger partial charge in [0.1, 0.15) is 41.0 Å². The molecule has 0 spiro atoms. The SMILES string of the molecule is COc1cc([B-](c2c(F)c(F)c(F)c(F)c2F)(c2c(F)c(F)c(F)c(F)c2F)c2c(F)c(F)c(F)c(F)c2F)cc(-c2ccccc2)[o+]1. The Morgan fingerprint density at radius 3 is 1.06 bits per heavy atom. The minimum Gasteiger partial charge on any atom is -0.321 e. The van der Waals surface area contributed by atoms with Crippen molar-refractivity contribution < 1.29 is 75.0 Å². The molecule has 250 valence electrons. The Hall–Kier alpha value is -5.16. The van der Waals surface area contributed by atoms with Crippen molar-refractivity contribution in [2.24, 2.45) is 0 Å². The molecule has 5 rings (SSSR count). The molecule has 0 radical (unpaired) electrons. The lowest BCUT2D eigenvalue weighted by Crippen LogP contribution is -2.79. The molecule has 0 atom stereocenters. The molecule has 0 aliphatic carbocycles. The highest BCUT2D eigenvalue weighted by Crippen LogP contribution is 2.31. The van der Waals surface area contributed by atoms with Crippen molar-refractivity contribution in [3.05, 3.63) is 130 Å². The molecular weight excluding hydrogens is 688 g/mol. The highest BCUT2D eigenvalue weighted by atomic mass is 19.2. The number of halogens is 15. The summed E-state index contributed by atoms with van der Waals surface area (Å²) in [5.41, 5.74) is -10.1. The van der Waals surface area contributed by atoms with Gasteiger partial charge in [0.05, 0.1) is 6.07 Å². The van der Waals surface area contributed by atoms with Crippen LogP contribution in [-0.4, -0.2) is 13.3 Å². The first-order chi connectivity index (χ1) is 22.5. The summed E-state index contributed by atoms with van der Waals surface area (Å²) in [4.78, 5) is 0. The molecule has 0 saturated carbocycles. The van der Waals surface area contributed by atoms with Gasteiger partial charge in [0, 0.05) is 5.56 Å². The van der Waals surface area contributed by atoms with Crippen LogP contribution in [0.3, 0.4) is 0 Å². The molecule has 18 heteroatoms. The number of benzene rings is 4. The number of ether oxygens (including phenoxy) is 1. The monoisotopic (exact) mass is 698 g/mol. The Morgan fingerprint density at radius 1 is 0.438 bits per heavy atom. The summed E-state index contributed by atoms with van der Waals surface area (Å²) in [6.45, 7) is 0. The second-order valence-electron chi connectivity index (χ2n) is 9.96. The standard InChI is InChI=1S/C30H10BF15O2/c1-47-12-8-10(7-11(48-12)9-5-3-2-4-6-9)31(13-16(32)22(38)28(44)23(39)17(13)33,14-18(34)24(40)29(45)25(41)19(14)35)15-20(36)26(42)30(46)27(43)21(15)37/h2-8H,1H3. The van der Waals surface area contributed by atoms with Gasteiger partial charge in [0.2, 0.25) is 0 Å². The van der Waals surface area contributed by atoms with Gasteiger partial charge < -0.3 is 4.74 Å². The molecule has 0 N–H and O–H groups in total. The molecule has 5 aromatic rings. The highest BCUT2D eigenvalue weighted by Gasteiger charge is 2.50. The summed E-state index contributed by atoms with van der Waals surface area (Å²) < 4.78 is 237. The van der Waals surface area contributed by atoms with Gasteiger partial charge in [0.25, 0.3) is 5.76 Å². The third-order valence-corrected chi connectivity index (χ3v) is 7.58. The van der Waals surface area contributed by atoms with Crippen molar-refractivity contribution >= 4 is 28.0 Å². The first kappa shape index (κ1) is 34.2. The maximum atomic E-state index is 15.9. The van der Waals surface area contributed by atoms with Crippen LogP contribution in [0.1, 0.15) is 0 Å². The maximum absolute atomic E-state index is 15.9. The van der Waals surface area contributed by atoms with Crippen molar-refractivity contribution in [1.82, 2.24) is 0 Å². The lowest BCUT2D eigenvalue weighted by molar-refractivity contribution is 0.302. The molecule has 0 aliphatic heterocycles. The third kappa shape index (κ3) is 4.75. The first-order valence-corrected chi connectivity index (χ1v) is 12.8. The van der Waals surface area contributed by atoms with Crippen LogP contribution in [0.2, 0.25) is 0 Å². The quantitative estimate of drug-likeness (QED) is 0.0648. The van der Waals surface area contributed by atoms with Crippen LogP contribution in [0.4, 0.5) is 65.9 Å². The van der Waals surface area contributed by atoms with E-state index >= 15 is 26.3 Å². The zero-order valence-corrected chi connectivity index (χ0v) is 23.1. The fourth-order valence-corrected chi connectivity index (χ4v) is 5.53. The molecule has 2 nitrogen and oxygen atoms in total. The van der Waals surface area contributed by atoms with Crippen LogP contribution >= 0.6 is 0 Å². The summed E-state index contributed by atoms with van der Waals surface area (Å²) in [5.74, 6) is -48.1. The second kappa shape index (κ2) is 12.1. The topological polar surface area (TPSA) is 20.5 Å². The second-order valence-corrected chi connectivity index (χ2v) is 9.96. The lowest BCUT2D eigenvalue weighted by atomic mass is 9.12. The Labute approximate surface area is 257 Å². The van der Waals surface area contributed by atoms with E-state index in [1.807, 2.05) is 0 Å². The molecule has 0 aliphatic rings. The molecule has 0 unspecified atom stereocenters. The molecule has 0 saturated heterocycles. The van der Waals surface area contributed by atoms with Gasteiger partial charge in [-0.05, 0) is 18.2 Å². The van der Waals surface area contributed by atoms with E-state index in [1.165, 1.54) is 30.3 Å². The predicted octanol–water partition coefficient (Wildman–Crippen LogP) is 6.70. The van der Waals surface area contributed by atoms with Crippen molar-refractivity contribution in [1.29, 1.82) is 0 Å². The number of hydrogen-bond acceptors (Lipinski definition) is 1. The smallest absolute Gasteiger partial charge is 0.321 e. The number of rotatable bonds is 6. The van der Waals surface area contributed by atoms with Crippen LogP contribution in [0, 0.1) is 87.3 Å².